The van der Waals surface area contributed by atoms with E-state index in [-0.39, 0.29) is 11.9 Å². The average Bonchev–Trinajstić information content (AvgIpc) is 3.01. The lowest BCUT2D eigenvalue weighted by atomic mass is 9.97. The number of imidazole rings is 1. The van der Waals surface area contributed by atoms with Crippen molar-refractivity contribution in [2.45, 2.75) is 13.0 Å². The van der Waals surface area contributed by atoms with E-state index >= 15 is 0 Å². The molecule has 2 aromatic heterocycles. The van der Waals surface area contributed by atoms with Crippen LogP contribution >= 0.6 is 0 Å². The Kier molecular flexibility index (Phi) is 3.80. The zero-order chi connectivity index (χ0) is 18.3. The van der Waals surface area contributed by atoms with Gasteiger partial charge >= 0.3 is 6.09 Å². The molecule has 0 bridgehead atoms. The number of ether oxygens (including phenoxy) is 1. The van der Waals surface area contributed by atoms with Gasteiger partial charge in [0.05, 0.1) is 30.3 Å². The second-order valence-electron chi connectivity index (χ2n) is 6.07. The molecule has 1 aromatic carbocycles. The number of nitrogens with zero attached hydrogens (tertiary/aromatic N) is 4. The summed E-state index contributed by atoms with van der Waals surface area (Å²) in [5.41, 5.74) is 9.48. The standard InChI is InChI=1S/C18H17N5O3/c1-26-18(25)22-7-6-12-11(10-22)8-20-9-13(12)16(24)23-15-5-3-2-4-14(15)21-17(23)19/h2-5,8-9H,6-7,10H2,1H3,(H2,19,21). The lowest BCUT2D eigenvalue weighted by Gasteiger charge is -2.28. The molecule has 8 nitrogen and oxygen atoms in total. The van der Waals surface area contributed by atoms with Crippen LogP contribution in [0.25, 0.3) is 11.0 Å². The maximum absolute atomic E-state index is 13.2. The van der Waals surface area contributed by atoms with E-state index in [1.165, 1.54) is 11.7 Å². The molecular weight excluding hydrogens is 334 g/mol. The number of aromatic nitrogens is 3. The number of hydrogen-bond acceptors (Lipinski definition) is 6. The SMILES string of the molecule is COC(=O)N1CCc2c(cncc2C(=O)n2c(N)nc3ccccc32)C1. The maximum Gasteiger partial charge on any atom is 0.409 e. The van der Waals surface area contributed by atoms with E-state index in [0.29, 0.717) is 36.1 Å². The van der Waals surface area contributed by atoms with E-state index in [1.54, 1.807) is 23.4 Å². The van der Waals surface area contributed by atoms with Crippen LogP contribution < -0.4 is 5.73 Å². The molecule has 0 saturated carbocycles. The van der Waals surface area contributed by atoms with E-state index < -0.39 is 6.09 Å². The Labute approximate surface area is 149 Å². The van der Waals surface area contributed by atoms with Gasteiger partial charge in [-0.2, -0.15) is 0 Å². The minimum Gasteiger partial charge on any atom is -0.453 e. The first-order valence-electron chi connectivity index (χ1n) is 8.16. The number of carbonyl (C=O) groups is 2. The summed E-state index contributed by atoms with van der Waals surface area (Å²) in [6.07, 6.45) is 3.37. The van der Waals surface area contributed by atoms with Gasteiger partial charge in [-0.3, -0.25) is 9.78 Å². The van der Waals surface area contributed by atoms with E-state index in [4.69, 9.17) is 10.5 Å². The van der Waals surface area contributed by atoms with Crippen LogP contribution in [0.15, 0.2) is 36.7 Å². The second-order valence-corrected chi connectivity index (χ2v) is 6.07. The molecule has 0 spiro atoms. The first-order valence-corrected chi connectivity index (χ1v) is 8.16. The molecule has 1 aliphatic rings. The van der Waals surface area contributed by atoms with Crippen molar-refractivity contribution in [3.63, 3.8) is 0 Å². The summed E-state index contributed by atoms with van der Waals surface area (Å²) in [5.74, 6) is -0.132. The average molecular weight is 351 g/mol. The summed E-state index contributed by atoms with van der Waals surface area (Å²) in [5, 5.41) is 0. The summed E-state index contributed by atoms with van der Waals surface area (Å²) in [4.78, 5) is 35.0. The second kappa shape index (κ2) is 6.14. The van der Waals surface area contributed by atoms with Crippen LogP contribution in [0.4, 0.5) is 10.7 Å². The van der Waals surface area contributed by atoms with Gasteiger partial charge in [0, 0.05) is 18.9 Å². The molecule has 0 atom stereocenters. The van der Waals surface area contributed by atoms with Crippen LogP contribution in [-0.4, -0.2) is 45.1 Å². The van der Waals surface area contributed by atoms with Gasteiger partial charge in [0.15, 0.2) is 0 Å². The zero-order valence-electron chi connectivity index (χ0n) is 14.2. The molecule has 0 radical (unpaired) electrons. The lowest BCUT2D eigenvalue weighted by molar-refractivity contribution is 0.0964. The molecule has 2 N–H and O–H groups in total. The van der Waals surface area contributed by atoms with E-state index in [0.717, 1.165) is 11.1 Å². The van der Waals surface area contributed by atoms with Crippen molar-refractivity contribution in [2.75, 3.05) is 19.4 Å². The number of para-hydroxylation sites is 2. The fourth-order valence-electron chi connectivity index (χ4n) is 3.34. The summed E-state index contributed by atoms with van der Waals surface area (Å²) in [7, 11) is 1.35. The first-order chi connectivity index (χ1) is 12.6. The van der Waals surface area contributed by atoms with Crippen LogP contribution in [0.2, 0.25) is 0 Å². The Bertz CT molecular complexity index is 1030. The molecule has 3 heterocycles. The normalized spacial score (nSPS) is 13.5. The molecule has 0 aliphatic carbocycles. The molecule has 0 unspecified atom stereocenters. The number of benzene rings is 1. The third-order valence-corrected chi connectivity index (χ3v) is 4.59. The summed E-state index contributed by atoms with van der Waals surface area (Å²) in [6.45, 7) is 0.834. The topological polar surface area (TPSA) is 103 Å². The number of nitrogen functional groups attached to an aromatic ring is 1. The number of fused-ring (bicyclic) bond motifs is 2. The first kappa shape index (κ1) is 16.1. The highest BCUT2D eigenvalue weighted by molar-refractivity contribution is 6.04. The molecule has 1 aliphatic heterocycles. The van der Waals surface area contributed by atoms with Crippen molar-refractivity contribution in [1.82, 2.24) is 19.4 Å². The van der Waals surface area contributed by atoms with Gasteiger partial charge in [0.2, 0.25) is 5.95 Å². The number of pyridine rings is 1. The Balaban J connectivity index is 1.76. The minimum absolute atomic E-state index is 0.140. The van der Waals surface area contributed by atoms with Crippen LogP contribution in [0.3, 0.4) is 0 Å². The van der Waals surface area contributed by atoms with Crippen molar-refractivity contribution in [3.8, 4) is 0 Å². The number of rotatable bonds is 1. The third-order valence-electron chi connectivity index (χ3n) is 4.59. The summed E-state index contributed by atoms with van der Waals surface area (Å²) < 4.78 is 6.18. The number of nitrogens with two attached hydrogens (primary N) is 1. The van der Waals surface area contributed by atoms with Gasteiger partial charge in [-0.25, -0.2) is 14.3 Å². The van der Waals surface area contributed by atoms with Gasteiger partial charge in [-0.15, -0.1) is 0 Å². The Morgan fingerprint density at radius 1 is 1.23 bits per heavy atom. The highest BCUT2D eigenvalue weighted by Gasteiger charge is 2.27. The number of methoxy groups -OCH3 is 1. The Hall–Kier alpha value is -3.42. The minimum atomic E-state index is -0.391. The Morgan fingerprint density at radius 2 is 2.04 bits per heavy atom. The van der Waals surface area contributed by atoms with Crippen molar-refractivity contribution >= 4 is 29.0 Å². The van der Waals surface area contributed by atoms with Crippen LogP contribution in [0.1, 0.15) is 21.5 Å². The van der Waals surface area contributed by atoms with Gasteiger partial charge in [-0.05, 0) is 29.7 Å². The molecule has 1 amide bonds. The monoisotopic (exact) mass is 351 g/mol. The molecule has 3 aromatic rings. The highest BCUT2D eigenvalue weighted by Crippen LogP contribution is 2.25. The predicted molar refractivity (Wildman–Crippen MR) is 94.6 cm³/mol. The van der Waals surface area contributed by atoms with Crippen LogP contribution in [0.5, 0.6) is 0 Å². The largest absolute Gasteiger partial charge is 0.453 e. The van der Waals surface area contributed by atoms with Crippen molar-refractivity contribution in [1.29, 1.82) is 0 Å². The van der Waals surface area contributed by atoms with Crippen LogP contribution in [0, 0.1) is 0 Å². The summed E-state index contributed by atoms with van der Waals surface area (Å²) in [6, 6.07) is 7.29. The number of amides is 1. The zero-order valence-corrected chi connectivity index (χ0v) is 14.2. The summed E-state index contributed by atoms with van der Waals surface area (Å²) >= 11 is 0. The molecule has 0 fully saturated rings. The number of hydrogen-bond donors (Lipinski definition) is 1. The smallest absolute Gasteiger partial charge is 0.409 e. The highest BCUT2D eigenvalue weighted by atomic mass is 16.5. The van der Waals surface area contributed by atoms with Crippen LogP contribution in [-0.2, 0) is 17.7 Å². The van der Waals surface area contributed by atoms with Gasteiger partial charge in [-0.1, -0.05) is 12.1 Å². The van der Waals surface area contributed by atoms with Crippen molar-refractivity contribution in [2.24, 2.45) is 0 Å². The van der Waals surface area contributed by atoms with Crippen molar-refractivity contribution < 1.29 is 14.3 Å². The molecule has 0 saturated heterocycles. The fraction of sp³-hybridized carbons (Fsp3) is 0.222. The molecule has 8 heteroatoms. The maximum atomic E-state index is 13.2. The third kappa shape index (κ3) is 2.46. The van der Waals surface area contributed by atoms with Gasteiger partial charge < -0.3 is 15.4 Å². The molecule has 26 heavy (non-hydrogen) atoms. The quantitative estimate of drug-likeness (QED) is 0.717. The lowest BCUT2D eigenvalue weighted by Crippen LogP contribution is -2.36. The van der Waals surface area contributed by atoms with Gasteiger partial charge in [0.25, 0.3) is 5.91 Å². The molecule has 4 rings (SSSR count). The van der Waals surface area contributed by atoms with E-state index in [1.807, 2.05) is 18.2 Å². The predicted octanol–water partition coefficient (Wildman–Crippen LogP) is 1.83. The van der Waals surface area contributed by atoms with E-state index in [2.05, 4.69) is 9.97 Å². The van der Waals surface area contributed by atoms with Crippen molar-refractivity contribution in [3.05, 3.63) is 53.3 Å². The van der Waals surface area contributed by atoms with E-state index in [9.17, 15) is 9.59 Å². The Morgan fingerprint density at radius 3 is 2.85 bits per heavy atom. The number of carbonyl (C=O) groups excluding carboxylic acids is 2. The molecule has 132 valence electrons. The number of anilines is 1. The fourth-order valence-corrected chi connectivity index (χ4v) is 3.34. The molecular formula is C18H17N5O3. The van der Waals surface area contributed by atoms with Gasteiger partial charge in [0.1, 0.15) is 0 Å².